The van der Waals surface area contributed by atoms with Crippen molar-refractivity contribution in [1.82, 2.24) is 0 Å². The number of aliphatic hydroxyl groups is 1. The molecule has 3 aromatic carbocycles. The average molecular weight is 486 g/mol. The fourth-order valence-corrected chi connectivity index (χ4v) is 4.06. The number of carbonyl (C=O) groups excluding carboxylic acids is 2. The van der Waals surface area contributed by atoms with Crippen molar-refractivity contribution in [1.29, 1.82) is 0 Å². The Morgan fingerprint density at radius 1 is 1.06 bits per heavy atom. The molecule has 5 nitrogen and oxygen atoms in total. The Balaban J connectivity index is 1.95. The molecule has 0 saturated carbocycles. The van der Waals surface area contributed by atoms with Crippen LogP contribution in [0.15, 0.2) is 72.3 Å². The highest BCUT2D eigenvalue weighted by atomic mass is 35.5. The van der Waals surface area contributed by atoms with E-state index in [1.807, 2.05) is 0 Å². The van der Waals surface area contributed by atoms with Gasteiger partial charge >= 0.3 is 0 Å². The van der Waals surface area contributed by atoms with E-state index in [1.165, 1.54) is 36.4 Å². The molecule has 0 spiro atoms. The third kappa shape index (κ3) is 4.19. The second kappa shape index (κ2) is 9.25. The molecule has 0 bridgehead atoms. The zero-order chi connectivity index (χ0) is 23.7. The summed E-state index contributed by atoms with van der Waals surface area (Å²) in [6.07, 6.45) is 0. The van der Waals surface area contributed by atoms with Crippen LogP contribution in [0.2, 0.25) is 10.0 Å². The van der Waals surface area contributed by atoms with Gasteiger partial charge in [-0.05, 0) is 55.5 Å². The van der Waals surface area contributed by atoms with Crippen molar-refractivity contribution in [3.8, 4) is 5.75 Å². The molecule has 0 aromatic heterocycles. The van der Waals surface area contributed by atoms with Crippen LogP contribution in [-0.4, -0.2) is 23.4 Å². The number of ketones is 1. The lowest BCUT2D eigenvalue weighted by atomic mass is 9.94. The molecule has 8 heteroatoms. The monoisotopic (exact) mass is 485 g/mol. The molecule has 1 N–H and O–H groups in total. The van der Waals surface area contributed by atoms with Gasteiger partial charge in [-0.1, -0.05) is 41.4 Å². The van der Waals surface area contributed by atoms with E-state index in [0.717, 1.165) is 4.90 Å². The molecule has 1 amide bonds. The topological polar surface area (TPSA) is 66.8 Å². The third-order valence-electron chi connectivity index (χ3n) is 5.25. The van der Waals surface area contributed by atoms with Crippen LogP contribution in [0.25, 0.3) is 5.76 Å². The van der Waals surface area contributed by atoms with E-state index in [4.69, 9.17) is 27.9 Å². The minimum Gasteiger partial charge on any atom is -0.507 e. The number of carbonyl (C=O) groups is 2. The van der Waals surface area contributed by atoms with Crippen molar-refractivity contribution in [3.63, 3.8) is 0 Å². The number of halogens is 3. The molecule has 1 aliphatic rings. The van der Waals surface area contributed by atoms with Crippen molar-refractivity contribution in [2.24, 2.45) is 0 Å². The lowest BCUT2D eigenvalue weighted by Crippen LogP contribution is -2.29. The van der Waals surface area contributed by atoms with E-state index in [-0.39, 0.29) is 16.7 Å². The highest BCUT2D eigenvalue weighted by molar-refractivity contribution is 6.51. The predicted octanol–water partition coefficient (Wildman–Crippen LogP) is 6.16. The first-order chi connectivity index (χ1) is 15.8. The van der Waals surface area contributed by atoms with Crippen LogP contribution < -0.4 is 9.64 Å². The summed E-state index contributed by atoms with van der Waals surface area (Å²) in [6, 6.07) is 15.3. The minimum absolute atomic E-state index is 0.0622. The van der Waals surface area contributed by atoms with Crippen LogP contribution >= 0.6 is 23.2 Å². The normalized spacial score (nSPS) is 17.5. The van der Waals surface area contributed by atoms with Crippen LogP contribution in [0.3, 0.4) is 0 Å². The molecule has 1 atom stereocenters. The predicted molar refractivity (Wildman–Crippen MR) is 125 cm³/mol. The van der Waals surface area contributed by atoms with Gasteiger partial charge in [-0.25, -0.2) is 4.39 Å². The first-order valence-electron chi connectivity index (χ1n) is 10.1. The maximum atomic E-state index is 14.9. The van der Waals surface area contributed by atoms with Gasteiger partial charge in [0.05, 0.1) is 23.2 Å². The summed E-state index contributed by atoms with van der Waals surface area (Å²) >= 11 is 12.1. The summed E-state index contributed by atoms with van der Waals surface area (Å²) in [5.74, 6) is -2.62. The van der Waals surface area contributed by atoms with E-state index in [1.54, 1.807) is 37.3 Å². The zero-order valence-corrected chi connectivity index (χ0v) is 18.9. The van der Waals surface area contributed by atoms with Crippen LogP contribution in [0.5, 0.6) is 5.75 Å². The van der Waals surface area contributed by atoms with Crippen LogP contribution in [0, 0.1) is 5.82 Å². The number of hydrogen-bond acceptors (Lipinski definition) is 4. The third-order valence-corrected chi connectivity index (χ3v) is 5.82. The van der Waals surface area contributed by atoms with E-state index in [2.05, 4.69) is 0 Å². The Morgan fingerprint density at radius 2 is 1.76 bits per heavy atom. The van der Waals surface area contributed by atoms with Gasteiger partial charge in [0, 0.05) is 21.8 Å². The largest absolute Gasteiger partial charge is 0.507 e. The van der Waals surface area contributed by atoms with E-state index in [9.17, 15) is 19.1 Å². The molecule has 1 saturated heterocycles. The maximum absolute atomic E-state index is 14.9. The lowest BCUT2D eigenvalue weighted by molar-refractivity contribution is -0.132. The summed E-state index contributed by atoms with van der Waals surface area (Å²) < 4.78 is 20.4. The number of ether oxygens (including phenoxy) is 1. The molecule has 168 valence electrons. The van der Waals surface area contributed by atoms with E-state index < -0.39 is 29.3 Å². The number of Topliss-reactive ketones (excluding diaryl/α,β-unsaturated/α-hetero) is 1. The molecular weight excluding hydrogens is 468 g/mol. The molecule has 3 aromatic rings. The Hall–Kier alpha value is -3.35. The van der Waals surface area contributed by atoms with Crippen LogP contribution in [0.1, 0.15) is 24.1 Å². The Labute approximate surface area is 199 Å². The SMILES string of the molecule is CCOc1cc(/C(O)=C2\C(=O)C(=O)N(c3ccc(Cl)cc3)C2c2ccccc2F)ccc1Cl. The molecule has 4 rings (SSSR count). The molecule has 1 aliphatic heterocycles. The number of hydrogen-bond donors (Lipinski definition) is 1. The number of nitrogens with zero attached hydrogens (tertiary/aromatic N) is 1. The summed E-state index contributed by atoms with van der Waals surface area (Å²) in [5.41, 5.74) is 0.357. The minimum atomic E-state index is -1.20. The standard InChI is InChI=1S/C25H18Cl2FNO4/c1-2-33-20-13-14(7-12-18(20)27)23(30)21-22(17-5-3-4-6-19(17)28)29(25(32)24(21)31)16-10-8-15(26)9-11-16/h3-13,22,30H,2H2,1H3/b23-21+. The second-order valence-corrected chi connectivity index (χ2v) is 8.09. The Kier molecular flexibility index (Phi) is 6.40. The van der Waals surface area contributed by atoms with Gasteiger partial charge in [0.25, 0.3) is 11.7 Å². The van der Waals surface area contributed by atoms with Crippen molar-refractivity contribution >= 4 is 46.3 Å². The Bertz CT molecular complexity index is 1270. The summed E-state index contributed by atoms with van der Waals surface area (Å²) in [7, 11) is 0. The maximum Gasteiger partial charge on any atom is 0.300 e. The molecule has 0 aliphatic carbocycles. The van der Waals surface area contributed by atoms with Gasteiger partial charge in [0.2, 0.25) is 0 Å². The smallest absolute Gasteiger partial charge is 0.300 e. The number of rotatable bonds is 5. The molecule has 1 unspecified atom stereocenters. The zero-order valence-electron chi connectivity index (χ0n) is 17.4. The lowest BCUT2D eigenvalue weighted by Gasteiger charge is -2.25. The number of anilines is 1. The van der Waals surface area contributed by atoms with Crippen molar-refractivity contribution in [2.75, 3.05) is 11.5 Å². The summed E-state index contributed by atoms with van der Waals surface area (Å²) in [4.78, 5) is 27.4. The first-order valence-corrected chi connectivity index (χ1v) is 10.8. The van der Waals surface area contributed by atoms with Gasteiger partial charge in [0.15, 0.2) is 0 Å². The second-order valence-electron chi connectivity index (χ2n) is 7.25. The van der Waals surface area contributed by atoms with Gasteiger partial charge in [0.1, 0.15) is 17.3 Å². The highest BCUT2D eigenvalue weighted by Crippen LogP contribution is 2.43. The molecular formula is C25H18Cl2FNO4. The Morgan fingerprint density at radius 3 is 2.42 bits per heavy atom. The molecule has 1 heterocycles. The van der Waals surface area contributed by atoms with Gasteiger partial charge in [-0.15, -0.1) is 0 Å². The fourth-order valence-electron chi connectivity index (χ4n) is 3.76. The summed E-state index contributed by atoms with van der Waals surface area (Å²) in [5, 5.41) is 11.9. The van der Waals surface area contributed by atoms with Crippen LogP contribution in [-0.2, 0) is 9.59 Å². The molecule has 0 radical (unpaired) electrons. The van der Waals surface area contributed by atoms with Crippen LogP contribution in [0.4, 0.5) is 10.1 Å². The van der Waals surface area contributed by atoms with Gasteiger partial charge in [-0.2, -0.15) is 0 Å². The number of benzene rings is 3. The average Bonchev–Trinajstić information content (AvgIpc) is 3.06. The molecule has 33 heavy (non-hydrogen) atoms. The highest BCUT2D eigenvalue weighted by Gasteiger charge is 2.47. The number of amides is 1. The summed E-state index contributed by atoms with van der Waals surface area (Å²) in [6.45, 7) is 2.11. The quantitative estimate of drug-likeness (QED) is 0.267. The van der Waals surface area contributed by atoms with Crippen molar-refractivity contribution < 1.29 is 23.8 Å². The van der Waals surface area contributed by atoms with Gasteiger partial charge < -0.3 is 9.84 Å². The van der Waals surface area contributed by atoms with Gasteiger partial charge in [-0.3, -0.25) is 14.5 Å². The van der Waals surface area contributed by atoms with Crippen molar-refractivity contribution in [2.45, 2.75) is 13.0 Å². The molecule has 1 fully saturated rings. The van der Waals surface area contributed by atoms with E-state index >= 15 is 0 Å². The number of aliphatic hydroxyl groups excluding tert-OH is 1. The van der Waals surface area contributed by atoms with E-state index in [0.29, 0.717) is 28.1 Å². The van der Waals surface area contributed by atoms with Crippen molar-refractivity contribution in [3.05, 3.63) is 99.3 Å². The first kappa shape index (κ1) is 22.8. The fraction of sp³-hybridized carbons (Fsp3) is 0.120.